The molecule has 0 aliphatic carbocycles. The Hall–Kier alpha value is -2.29. The second-order valence-electron chi connectivity index (χ2n) is 8.33. The molecule has 3 heterocycles. The lowest BCUT2D eigenvalue weighted by atomic mass is 10.1. The normalized spacial score (nSPS) is 25.0. The van der Waals surface area contributed by atoms with E-state index >= 15 is 0 Å². The minimum atomic E-state index is -0.368. The third-order valence-electron chi connectivity index (χ3n) is 5.50. The summed E-state index contributed by atoms with van der Waals surface area (Å²) in [5, 5.41) is 5.48. The minimum absolute atomic E-state index is 0.0191. The Bertz CT molecular complexity index is 903. The van der Waals surface area contributed by atoms with Gasteiger partial charge in [0.2, 0.25) is 11.8 Å². The van der Waals surface area contributed by atoms with Crippen LogP contribution in [-0.4, -0.2) is 53.5 Å². The highest BCUT2D eigenvalue weighted by atomic mass is 32.1. The van der Waals surface area contributed by atoms with Gasteiger partial charge in [0.15, 0.2) is 5.13 Å². The zero-order chi connectivity index (χ0) is 21.3. The fourth-order valence-corrected chi connectivity index (χ4v) is 4.85. The third kappa shape index (κ3) is 4.88. The van der Waals surface area contributed by atoms with Gasteiger partial charge < -0.3 is 15.0 Å². The summed E-state index contributed by atoms with van der Waals surface area (Å²) in [6.07, 6.45) is 0.646. The Labute approximate surface area is 181 Å². The van der Waals surface area contributed by atoms with Crippen molar-refractivity contribution in [3.8, 4) is 0 Å². The summed E-state index contributed by atoms with van der Waals surface area (Å²) in [6, 6.07) is 7.80. The van der Waals surface area contributed by atoms with E-state index in [9.17, 15) is 9.59 Å². The fourth-order valence-electron chi connectivity index (χ4n) is 4.14. The molecule has 160 valence electrons. The first-order valence-electron chi connectivity index (χ1n) is 10.4. The molecule has 1 aromatic heterocycles. The molecule has 3 unspecified atom stereocenters. The van der Waals surface area contributed by atoms with Crippen LogP contribution in [0.2, 0.25) is 0 Å². The van der Waals surface area contributed by atoms with Crippen LogP contribution >= 0.6 is 11.3 Å². The van der Waals surface area contributed by atoms with Crippen molar-refractivity contribution in [1.82, 2.24) is 9.88 Å². The van der Waals surface area contributed by atoms with Gasteiger partial charge >= 0.3 is 0 Å². The summed E-state index contributed by atoms with van der Waals surface area (Å²) < 4.78 is 5.78. The Morgan fingerprint density at radius 3 is 2.60 bits per heavy atom. The van der Waals surface area contributed by atoms with Gasteiger partial charge in [-0.2, -0.15) is 0 Å². The molecule has 2 amide bonds. The standard InChI is InChI=1S/C22H28N4O3S/c1-14-4-6-19(7-5-14)26-11-17(8-20(26)27)21(28)24-22-23-18(13-30-22)12-25-9-15(2)29-16(3)10-25/h4-7,13,15-17H,8-12H2,1-3H3,(H,23,24,28). The summed E-state index contributed by atoms with van der Waals surface area (Å²) in [4.78, 5) is 33.7. The number of hydrogen-bond acceptors (Lipinski definition) is 6. The van der Waals surface area contributed by atoms with Crippen molar-refractivity contribution in [3.63, 3.8) is 0 Å². The van der Waals surface area contributed by atoms with Gasteiger partial charge in [0.05, 0.1) is 23.8 Å². The highest BCUT2D eigenvalue weighted by Gasteiger charge is 2.35. The van der Waals surface area contributed by atoms with Crippen LogP contribution in [0, 0.1) is 12.8 Å². The van der Waals surface area contributed by atoms with Crippen LogP contribution in [0.3, 0.4) is 0 Å². The largest absolute Gasteiger partial charge is 0.373 e. The maximum Gasteiger partial charge on any atom is 0.231 e. The number of rotatable bonds is 5. The molecule has 2 aliphatic rings. The van der Waals surface area contributed by atoms with Gasteiger partial charge in [-0.25, -0.2) is 4.98 Å². The molecule has 2 aromatic rings. The number of aryl methyl sites for hydroxylation is 1. The summed E-state index contributed by atoms with van der Waals surface area (Å²) >= 11 is 1.43. The molecule has 30 heavy (non-hydrogen) atoms. The van der Waals surface area contributed by atoms with Crippen molar-refractivity contribution in [2.45, 2.75) is 45.9 Å². The predicted molar refractivity (Wildman–Crippen MR) is 118 cm³/mol. The van der Waals surface area contributed by atoms with Gasteiger partial charge in [0, 0.05) is 43.7 Å². The average molecular weight is 429 g/mol. The number of amides is 2. The van der Waals surface area contributed by atoms with Gasteiger partial charge in [0.25, 0.3) is 0 Å². The van der Waals surface area contributed by atoms with Crippen molar-refractivity contribution in [2.24, 2.45) is 5.92 Å². The number of thiazole rings is 1. The van der Waals surface area contributed by atoms with Crippen molar-refractivity contribution in [2.75, 3.05) is 29.9 Å². The third-order valence-corrected chi connectivity index (χ3v) is 6.31. The Kier molecular flexibility index (Phi) is 6.17. The Morgan fingerprint density at radius 2 is 1.90 bits per heavy atom. The van der Waals surface area contributed by atoms with Crippen molar-refractivity contribution < 1.29 is 14.3 Å². The molecule has 3 atom stereocenters. The summed E-state index contributed by atoms with van der Waals surface area (Å²) in [5.41, 5.74) is 2.92. The number of morpholine rings is 1. The molecule has 2 fully saturated rings. The van der Waals surface area contributed by atoms with Gasteiger partial charge in [-0.1, -0.05) is 17.7 Å². The molecule has 8 heteroatoms. The van der Waals surface area contributed by atoms with E-state index in [0.29, 0.717) is 11.7 Å². The topological polar surface area (TPSA) is 74.8 Å². The highest BCUT2D eigenvalue weighted by molar-refractivity contribution is 7.13. The molecule has 7 nitrogen and oxygen atoms in total. The van der Waals surface area contributed by atoms with Gasteiger partial charge in [-0.3, -0.25) is 14.5 Å². The number of hydrogen-bond donors (Lipinski definition) is 1. The molecule has 0 saturated carbocycles. The molecular weight excluding hydrogens is 400 g/mol. The van der Waals surface area contributed by atoms with Gasteiger partial charge in [0.1, 0.15) is 0 Å². The maximum absolute atomic E-state index is 12.7. The van der Waals surface area contributed by atoms with E-state index in [4.69, 9.17) is 4.74 Å². The molecule has 0 bridgehead atoms. The van der Waals surface area contributed by atoms with Crippen molar-refractivity contribution in [3.05, 3.63) is 40.9 Å². The van der Waals surface area contributed by atoms with E-state index in [1.807, 2.05) is 36.6 Å². The maximum atomic E-state index is 12.7. The van der Waals surface area contributed by atoms with Crippen LogP contribution in [0.25, 0.3) is 0 Å². The molecule has 0 radical (unpaired) electrons. The van der Waals surface area contributed by atoms with Gasteiger partial charge in [-0.05, 0) is 32.9 Å². The highest BCUT2D eigenvalue weighted by Crippen LogP contribution is 2.27. The SMILES string of the molecule is Cc1ccc(N2CC(C(=O)Nc3nc(CN4CC(C)OC(C)C4)cs3)CC2=O)cc1. The number of anilines is 2. The minimum Gasteiger partial charge on any atom is -0.373 e. The van der Waals surface area contributed by atoms with E-state index < -0.39 is 0 Å². The number of aromatic nitrogens is 1. The van der Waals surface area contributed by atoms with Crippen LogP contribution in [-0.2, 0) is 20.9 Å². The lowest BCUT2D eigenvalue weighted by Crippen LogP contribution is -2.44. The van der Waals surface area contributed by atoms with Crippen molar-refractivity contribution >= 4 is 34.0 Å². The lowest BCUT2D eigenvalue weighted by molar-refractivity contribution is -0.122. The molecule has 0 spiro atoms. The van der Waals surface area contributed by atoms with E-state index in [2.05, 4.69) is 29.0 Å². The number of carbonyl (C=O) groups excluding carboxylic acids is 2. The molecule has 1 N–H and O–H groups in total. The fraction of sp³-hybridized carbons (Fsp3) is 0.500. The lowest BCUT2D eigenvalue weighted by Gasteiger charge is -2.34. The second kappa shape index (κ2) is 8.83. The molecule has 2 saturated heterocycles. The molecule has 2 aliphatic heterocycles. The zero-order valence-electron chi connectivity index (χ0n) is 17.6. The number of carbonyl (C=O) groups is 2. The summed E-state index contributed by atoms with van der Waals surface area (Å²) in [7, 11) is 0. The number of nitrogens with one attached hydrogen (secondary N) is 1. The van der Waals surface area contributed by atoms with E-state index in [1.54, 1.807) is 4.90 Å². The average Bonchev–Trinajstić information content (AvgIpc) is 3.28. The number of nitrogens with zero attached hydrogens (tertiary/aromatic N) is 3. The smallest absolute Gasteiger partial charge is 0.231 e. The van der Waals surface area contributed by atoms with Crippen LogP contribution in [0.1, 0.15) is 31.5 Å². The Balaban J connectivity index is 1.33. The van der Waals surface area contributed by atoms with E-state index in [0.717, 1.165) is 36.6 Å². The quantitative estimate of drug-likeness (QED) is 0.792. The van der Waals surface area contributed by atoms with E-state index in [-0.39, 0.29) is 36.4 Å². The number of ether oxygens (including phenoxy) is 1. The van der Waals surface area contributed by atoms with E-state index in [1.165, 1.54) is 11.3 Å². The van der Waals surface area contributed by atoms with Crippen molar-refractivity contribution in [1.29, 1.82) is 0 Å². The summed E-state index contributed by atoms with van der Waals surface area (Å²) in [5.74, 6) is -0.533. The van der Waals surface area contributed by atoms with Gasteiger partial charge in [-0.15, -0.1) is 11.3 Å². The molecule has 4 rings (SSSR count). The monoisotopic (exact) mass is 428 g/mol. The van der Waals surface area contributed by atoms with Crippen LogP contribution in [0.4, 0.5) is 10.8 Å². The van der Waals surface area contributed by atoms with Crippen LogP contribution in [0.15, 0.2) is 29.6 Å². The number of benzene rings is 1. The first kappa shape index (κ1) is 21.0. The Morgan fingerprint density at radius 1 is 1.20 bits per heavy atom. The molecular formula is C22H28N4O3S. The molecule has 1 aromatic carbocycles. The first-order valence-corrected chi connectivity index (χ1v) is 11.3. The van der Waals surface area contributed by atoms with Crippen LogP contribution in [0.5, 0.6) is 0 Å². The van der Waals surface area contributed by atoms with Crippen LogP contribution < -0.4 is 10.2 Å². The predicted octanol–water partition coefficient (Wildman–Crippen LogP) is 3.05. The zero-order valence-corrected chi connectivity index (χ0v) is 18.4. The first-order chi connectivity index (χ1) is 14.4. The summed E-state index contributed by atoms with van der Waals surface area (Å²) in [6.45, 7) is 9.07. The second-order valence-corrected chi connectivity index (χ2v) is 9.18.